The van der Waals surface area contributed by atoms with Crippen LogP contribution in [0.25, 0.3) is 0 Å². The summed E-state index contributed by atoms with van der Waals surface area (Å²) in [6.45, 7) is 3.56. The second-order valence-electron chi connectivity index (χ2n) is 7.33. The van der Waals surface area contributed by atoms with Gasteiger partial charge in [0.25, 0.3) is 5.69 Å². The third-order valence-corrected chi connectivity index (χ3v) is 5.28. The van der Waals surface area contributed by atoms with Crippen LogP contribution in [-0.2, 0) is 20.9 Å². The number of benzene rings is 2. The molecule has 10 nitrogen and oxygen atoms in total. The minimum Gasteiger partial charge on any atom is -0.465 e. The van der Waals surface area contributed by atoms with Gasteiger partial charge in [0.1, 0.15) is 6.61 Å². The highest BCUT2D eigenvalue weighted by Gasteiger charge is 2.31. The van der Waals surface area contributed by atoms with E-state index in [0.29, 0.717) is 31.9 Å². The summed E-state index contributed by atoms with van der Waals surface area (Å²) in [4.78, 5) is 38.9. The minimum atomic E-state index is -1.38. The van der Waals surface area contributed by atoms with Crippen LogP contribution >= 0.6 is 0 Å². The van der Waals surface area contributed by atoms with Crippen molar-refractivity contribution in [1.82, 2.24) is 4.90 Å². The molecule has 0 bridgehead atoms. The minimum absolute atomic E-state index is 0.00664. The van der Waals surface area contributed by atoms with E-state index in [9.17, 15) is 25.0 Å². The first kappa shape index (κ1) is 23.5. The molecule has 0 saturated carbocycles. The summed E-state index contributed by atoms with van der Waals surface area (Å²) in [7, 11) is 0. The molecule has 1 aliphatic heterocycles. The average molecular weight is 452 g/mol. The van der Waals surface area contributed by atoms with Crippen LogP contribution in [0.5, 0.6) is 0 Å². The Morgan fingerprint density at radius 3 is 2.42 bits per heavy atom. The van der Waals surface area contributed by atoms with Crippen molar-refractivity contribution in [2.75, 3.05) is 37.7 Å². The molecule has 1 amide bonds. The zero-order chi connectivity index (χ0) is 23.8. The van der Waals surface area contributed by atoms with Gasteiger partial charge in [0.05, 0.1) is 23.2 Å². The first-order valence-corrected chi connectivity index (χ1v) is 10.5. The molecule has 1 fully saturated rings. The maximum Gasteiger partial charge on any atom is 0.410 e. The molecule has 2 aromatic rings. The van der Waals surface area contributed by atoms with Gasteiger partial charge in [-0.15, -0.1) is 0 Å². The van der Waals surface area contributed by atoms with Gasteiger partial charge >= 0.3 is 12.1 Å². The van der Waals surface area contributed by atoms with Crippen LogP contribution < -0.4 is 4.90 Å². The van der Waals surface area contributed by atoms with E-state index in [4.69, 9.17) is 9.47 Å². The van der Waals surface area contributed by atoms with Gasteiger partial charge in [-0.3, -0.25) is 14.9 Å². The molecule has 10 heteroatoms. The van der Waals surface area contributed by atoms with Gasteiger partial charge in [-0.2, -0.15) is 5.26 Å². The summed E-state index contributed by atoms with van der Waals surface area (Å²) in [5, 5.41) is 21.0. The Morgan fingerprint density at radius 2 is 1.82 bits per heavy atom. The number of ether oxygens (including phenoxy) is 2. The first-order valence-electron chi connectivity index (χ1n) is 10.5. The number of nitro benzene ring substituents is 1. The standard InChI is InChI=1S/C23H24N4O6/c1-2-32-22(28)20(15-24)19-9-8-18(14-21(19)27(30)31)25-10-12-26(13-11-25)23(29)33-16-17-6-4-3-5-7-17/h3-9,14,20H,2,10-13,16H2,1H3. The Balaban J connectivity index is 1.65. The number of esters is 1. The lowest BCUT2D eigenvalue weighted by Crippen LogP contribution is -2.49. The molecule has 0 spiro atoms. The third-order valence-electron chi connectivity index (χ3n) is 5.28. The van der Waals surface area contributed by atoms with Gasteiger partial charge < -0.3 is 19.3 Å². The van der Waals surface area contributed by atoms with Crippen LogP contribution in [0.15, 0.2) is 48.5 Å². The molecule has 172 valence electrons. The van der Waals surface area contributed by atoms with Crippen molar-refractivity contribution in [2.24, 2.45) is 0 Å². The van der Waals surface area contributed by atoms with Crippen LogP contribution in [0, 0.1) is 21.4 Å². The van der Waals surface area contributed by atoms with Gasteiger partial charge in [0, 0.05) is 37.9 Å². The summed E-state index contributed by atoms with van der Waals surface area (Å²) in [6, 6.07) is 15.6. The average Bonchev–Trinajstić information content (AvgIpc) is 2.84. The molecular formula is C23H24N4O6. The van der Waals surface area contributed by atoms with Crippen molar-refractivity contribution in [3.63, 3.8) is 0 Å². The van der Waals surface area contributed by atoms with Crippen molar-refractivity contribution in [1.29, 1.82) is 5.26 Å². The maximum absolute atomic E-state index is 12.3. The second-order valence-corrected chi connectivity index (χ2v) is 7.33. The van der Waals surface area contributed by atoms with Crippen LogP contribution in [0.4, 0.5) is 16.2 Å². The molecule has 1 saturated heterocycles. The van der Waals surface area contributed by atoms with Crippen molar-refractivity contribution in [2.45, 2.75) is 19.4 Å². The molecule has 1 heterocycles. The quantitative estimate of drug-likeness (QED) is 0.356. The van der Waals surface area contributed by atoms with Crippen molar-refractivity contribution < 1.29 is 24.0 Å². The smallest absolute Gasteiger partial charge is 0.410 e. The van der Waals surface area contributed by atoms with E-state index < -0.39 is 22.9 Å². The van der Waals surface area contributed by atoms with E-state index in [2.05, 4.69) is 0 Å². The van der Waals surface area contributed by atoms with E-state index in [1.54, 1.807) is 24.0 Å². The van der Waals surface area contributed by atoms with Crippen LogP contribution in [0.2, 0.25) is 0 Å². The highest BCUT2D eigenvalue weighted by atomic mass is 16.6. The van der Waals surface area contributed by atoms with Gasteiger partial charge in [-0.25, -0.2) is 4.79 Å². The maximum atomic E-state index is 12.3. The summed E-state index contributed by atoms with van der Waals surface area (Å²) in [5.74, 6) is -2.20. The fourth-order valence-corrected chi connectivity index (χ4v) is 3.56. The lowest BCUT2D eigenvalue weighted by Gasteiger charge is -2.35. The number of anilines is 1. The molecule has 0 radical (unpaired) electrons. The second kappa shape index (κ2) is 10.9. The van der Waals surface area contributed by atoms with E-state index in [0.717, 1.165) is 5.56 Å². The van der Waals surface area contributed by atoms with E-state index in [-0.39, 0.29) is 24.5 Å². The van der Waals surface area contributed by atoms with Crippen LogP contribution in [-0.4, -0.2) is 54.7 Å². The van der Waals surface area contributed by atoms with Crippen LogP contribution in [0.3, 0.4) is 0 Å². The zero-order valence-corrected chi connectivity index (χ0v) is 18.2. The number of hydrogen-bond acceptors (Lipinski definition) is 8. The summed E-state index contributed by atoms with van der Waals surface area (Å²) in [5.41, 5.74) is 1.14. The number of nitriles is 1. The predicted molar refractivity (Wildman–Crippen MR) is 118 cm³/mol. The Kier molecular flexibility index (Phi) is 7.81. The number of carbonyl (C=O) groups is 2. The molecule has 1 aliphatic rings. The zero-order valence-electron chi connectivity index (χ0n) is 18.2. The Hall–Kier alpha value is -4.13. The molecule has 1 atom stereocenters. The molecule has 0 aromatic heterocycles. The SMILES string of the molecule is CCOC(=O)C(C#N)c1ccc(N2CCN(C(=O)OCc3ccccc3)CC2)cc1[N+](=O)[O-]. The lowest BCUT2D eigenvalue weighted by atomic mass is 9.98. The Morgan fingerprint density at radius 1 is 1.12 bits per heavy atom. The third kappa shape index (κ3) is 5.77. The van der Waals surface area contributed by atoms with Gasteiger partial charge in [-0.05, 0) is 24.6 Å². The fraction of sp³-hybridized carbons (Fsp3) is 0.348. The number of nitro groups is 1. The molecule has 3 rings (SSSR count). The van der Waals surface area contributed by atoms with Gasteiger partial charge in [0.2, 0.25) is 0 Å². The molecule has 33 heavy (non-hydrogen) atoms. The Labute approximate surface area is 191 Å². The summed E-state index contributed by atoms with van der Waals surface area (Å²) < 4.78 is 10.2. The largest absolute Gasteiger partial charge is 0.465 e. The van der Waals surface area contributed by atoms with Crippen molar-refractivity contribution in [3.05, 3.63) is 69.8 Å². The van der Waals surface area contributed by atoms with E-state index >= 15 is 0 Å². The number of rotatable bonds is 7. The lowest BCUT2D eigenvalue weighted by molar-refractivity contribution is -0.385. The molecule has 0 N–H and O–H groups in total. The topological polar surface area (TPSA) is 126 Å². The number of nitrogens with zero attached hydrogens (tertiary/aromatic N) is 4. The molecule has 1 unspecified atom stereocenters. The number of carbonyl (C=O) groups excluding carboxylic acids is 2. The van der Waals surface area contributed by atoms with Crippen LogP contribution in [0.1, 0.15) is 24.0 Å². The van der Waals surface area contributed by atoms with Crippen molar-refractivity contribution in [3.8, 4) is 6.07 Å². The normalized spacial score (nSPS) is 14.2. The van der Waals surface area contributed by atoms with Gasteiger partial charge in [0.15, 0.2) is 5.92 Å². The summed E-state index contributed by atoms with van der Waals surface area (Å²) in [6.07, 6.45) is -0.411. The summed E-state index contributed by atoms with van der Waals surface area (Å²) >= 11 is 0. The first-order chi connectivity index (χ1) is 15.9. The van der Waals surface area contributed by atoms with E-state index in [1.807, 2.05) is 35.2 Å². The van der Waals surface area contributed by atoms with E-state index in [1.165, 1.54) is 12.1 Å². The fourth-order valence-electron chi connectivity index (χ4n) is 3.56. The highest BCUT2D eigenvalue weighted by molar-refractivity contribution is 5.83. The Bertz CT molecular complexity index is 1040. The molecule has 2 aromatic carbocycles. The predicted octanol–water partition coefficient (Wildman–Crippen LogP) is 3.22. The molecule has 0 aliphatic carbocycles. The molecular weight excluding hydrogens is 428 g/mol. The van der Waals surface area contributed by atoms with Crippen molar-refractivity contribution >= 4 is 23.4 Å². The monoisotopic (exact) mass is 452 g/mol. The highest BCUT2D eigenvalue weighted by Crippen LogP contribution is 2.32. The number of hydrogen-bond donors (Lipinski definition) is 0. The number of amides is 1. The number of piperazine rings is 1. The van der Waals surface area contributed by atoms with Gasteiger partial charge in [-0.1, -0.05) is 30.3 Å².